The molecule has 0 aliphatic carbocycles. The van der Waals surface area contributed by atoms with E-state index in [-0.39, 0.29) is 18.7 Å². The van der Waals surface area contributed by atoms with E-state index in [1.807, 2.05) is 33.8 Å². The molecule has 1 aliphatic heterocycles. The first-order chi connectivity index (χ1) is 7.31. The lowest BCUT2D eigenvalue weighted by atomic mass is 10.2. The summed E-state index contributed by atoms with van der Waals surface area (Å²) in [6, 6.07) is 2.01. The van der Waals surface area contributed by atoms with Crippen LogP contribution in [-0.4, -0.2) is 41.9 Å². The van der Waals surface area contributed by atoms with Crippen molar-refractivity contribution in [1.29, 1.82) is 5.26 Å². The van der Waals surface area contributed by atoms with E-state index in [0.717, 1.165) is 0 Å². The highest BCUT2D eigenvalue weighted by Gasteiger charge is 2.31. The van der Waals surface area contributed by atoms with Crippen LogP contribution in [0.25, 0.3) is 0 Å². The van der Waals surface area contributed by atoms with Crippen LogP contribution in [0, 0.1) is 11.3 Å². The van der Waals surface area contributed by atoms with Crippen molar-refractivity contribution in [2.45, 2.75) is 45.5 Å². The highest BCUT2D eigenvalue weighted by atomic mass is 16.6. The van der Waals surface area contributed by atoms with Gasteiger partial charge in [-0.05, 0) is 27.7 Å². The van der Waals surface area contributed by atoms with Crippen LogP contribution in [0.15, 0.2) is 0 Å². The van der Waals surface area contributed by atoms with Crippen molar-refractivity contribution < 1.29 is 14.3 Å². The van der Waals surface area contributed by atoms with Gasteiger partial charge in [0.15, 0.2) is 6.10 Å². The maximum atomic E-state index is 11.8. The van der Waals surface area contributed by atoms with E-state index in [0.29, 0.717) is 6.54 Å². The minimum atomic E-state index is -0.559. The van der Waals surface area contributed by atoms with Crippen molar-refractivity contribution in [2.75, 3.05) is 13.1 Å². The topological polar surface area (TPSA) is 62.6 Å². The molecule has 0 N–H and O–H groups in total. The van der Waals surface area contributed by atoms with Crippen molar-refractivity contribution in [1.82, 2.24) is 4.90 Å². The lowest BCUT2D eigenvalue weighted by Crippen LogP contribution is -2.50. The number of hydrogen-bond donors (Lipinski definition) is 0. The zero-order valence-corrected chi connectivity index (χ0v) is 10.2. The van der Waals surface area contributed by atoms with Crippen molar-refractivity contribution in [3.8, 4) is 6.07 Å². The van der Waals surface area contributed by atoms with Gasteiger partial charge < -0.3 is 14.4 Å². The zero-order chi connectivity index (χ0) is 12.3. The maximum Gasteiger partial charge on any atom is 0.410 e. The second-order valence-electron chi connectivity index (χ2n) is 4.95. The van der Waals surface area contributed by atoms with Gasteiger partial charge in [-0.15, -0.1) is 0 Å². The molecule has 0 radical (unpaired) electrons. The van der Waals surface area contributed by atoms with Gasteiger partial charge in [-0.1, -0.05) is 0 Å². The monoisotopic (exact) mass is 226 g/mol. The van der Waals surface area contributed by atoms with Gasteiger partial charge >= 0.3 is 6.09 Å². The van der Waals surface area contributed by atoms with Gasteiger partial charge in [0.05, 0.1) is 25.3 Å². The average Bonchev–Trinajstić information content (AvgIpc) is 2.14. The van der Waals surface area contributed by atoms with E-state index in [4.69, 9.17) is 14.7 Å². The summed E-state index contributed by atoms with van der Waals surface area (Å²) < 4.78 is 10.6. The van der Waals surface area contributed by atoms with E-state index in [1.54, 1.807) is 0 Å². The molecule has 0 saturated carbocycles. The fourth-order valence-corrected chi connectivity index (χ4v) is 1.50. The molecule has 5 heteroatoms. The quantitative estimate of drug-likeness (QED) is 0.628. The van der Waals surface area contributed by atoms with Gasteiger partial charge in [-0.3, -0.25) is 0 Å². The second kappa shape index (κ2) is 4.71. The van der Waals surface area contributed by atoms with Crippen molar-refractivity contribution in [2.24, 2.45) is 0 Å². The Kier molecular flexibility index (Phi) is 3.76. The number of nitrogens with zero attached hydrogens (tertiary/aromatic N) is 2. The third kappa shape index (κ3) is 3.70. The second-order valence-corrected chi connectivity index (χ2v) is 4.95. The normalized spacial score (nSPS) is 26.1. The minimum Gasteiger partial charge on any atom is -0.444 e. The molecule has 1 rings (SSSR count). The number of rotatable bonds is 0. The molecule has 0 bridgehead atoms. The van der Waals surface area contributed by atoms with Crippen LogP contribution >= 0.6 is 0 Å². The Labute approximate surface area is 95.9 Å². The molecule has 1 fully saturated rings. The standard InChI is InChI=1S/C11H18N2O3/c1-8-6-13(7-9(5-12)15-8)10(14)16-11(2,3)4/h8-9H,6-7H2,1-4H3/t8?,9-/m1/s1. The Morgan fingerprint density at radius 3 is 2.62 bits per heavy atom. The van der Waals surface area contributed by atoms with Crippen LogP contribution in [-0.2, 0) is 9.47 Å². The molecule has 5 nitrogen and oxygen atoms in total. The summed E-state index contributed by atoms with van der Waals surface area (Å²) in [6.07, 6.45) is -1.08. The molecule has 1 unspecified atom stereocenters. The molecule has 1 saturated heterocycles. The van der Waals surface area contributed by atoms with Crippen LogP contribution in [0.1, 0.15) is 27.7 Å². The predicted molar refractivity (Wildman–Crippen MR) is 57.8 cm³/mol. The summed E-state index contributed by atoms with van der Waals surface area (Å²) >= 11 is 0. The molecule has 0 aromatic heterocycles. The summed E-state index contributed by atoms with van der Waals surface area (Å²) in [5, 5.41) is 8.79. The van der Waals surface area contributed by atoms with Crippen LogP contribution in [0.3, 0.4) is 0 Å². The predicted octanol–water partition coefficient (Wildman–Crippen LogP) is 1.53. The van der Waals surface area contributed by atoms with E-state index in [1.165, 1.54) is 4.90 Å². The largest absolute Gasteiger partial charge is 0.444 e. The van der Waals surface area contributed by atoms with E-state index in [9.17, 15) is 4.79 Å². The zero-order valence-electron chi connectivity index (χ0n) is 10.2. The Morgan fingerprint density at radius 1 is 1.50 bits per heavy atom. The molecule has 1 heterocycles. The molecule has 16 heavy (non-hydrogen) atoms. The lowest BCUT2D eigenvalue weighted by Gasteiger charge is -2.34. The average molecular weight is 226 g/mol. The minimum absolute atomic E-state index is 0.133. The molecule has 0 aromatic rings. The first-order valence-corrected chi connectivity index (χ1v) is 5.35. The Hall–Kier alpha value is -1.28. The maximum absolute atomic E-state index is 11.8. The van der Waals surface area contributed by atoms with Crippen LogP contribution in [0.4, 0.5) is 4.79 Å². The summed E-state index contributed by atoms with van der Waals surface area (Å²) in [5.41, 5.74) is -0.513. The van der Waals surface area contributed by atoms with E-state index >= 15 is 0 Å². The number of nitriles is 1. The van der Waals surface area contributed by atoms with Gasteiger partial charge in [-0.2, -0.15) is 5.26 Å². The summed E-state index contributed by atoms with van der Waals surface area (Å²) in [5.74, 6) is 0. The number of hydrogen-bond acceptors (Lipinski definition) is 4. The summed E-state index contributed by atoms with van der Waals surface area (Å²) in [6.45, 7) is 8.02. The van der Waals surface area contributed by atoms with Gasteiger partial charge in [0.25, 0.3) is 0 Å². The first kappa shape index (κ1) is 12.8. The van der Waals surface area contributed by atoms with Crippen LogP contribution in [0.5, 0.6) is 0 Å². The molecule has 2 atom stereocenters. The highest BCUT2D eigenvalue weighted by molar-refractivity contribution is 5.68. The Morgan fingerprint density at radius 2 is 2.12 bits per heavy atom. The van der Waals surface area contributed by atoms with Crippen molar-refractivity contribution >= 4 is 6.09 Å². The molecular weight excluding hydrogens is 208 g/mol. The van der Waals surface area contributed by atoms with Crippen molar-refractivity contribution in [3.05, 3.63) is 0 Å². The van der Waals surface area contributed by atoms with Crippen LogP contribution in [0.2, 0.25) is 0 Å². The van der Waals surface area contributed by atoms with Gasteiger partial charge in [-0.25, -0.2) is 4.79 Å². The Bertz CT molecular complexity index is 303. The number of carbonyl (C=O) groups is 1. The first-order valence-electron chi connectivity index (χ1n) is 5.35. The number of carbonyl (C=O) groups excluding carboxylic acids is 1. The molecule has 0 spiro atoms. The van der Waals surface area contributed by atoms with Crippen molar-refractivity contribution in [3.63, 3.8) is 0 Å². The van der Waals surface area contributed by atoms with Gasteiger partial charge in [0.2, 0.25) is 0 Å². The fourth-order valence-electron chi connectivity index (χ4n) is 1.50. The van der Waals surface area contributed by atoms with E-state index in [2.05, 4.69) is 0 Å². The summed E-state index contributed by atoms with van der Waals surface area (Å²) in [4.78, 5) is 13.3. The fraction of sp³-hybridized carbons (Fsp3) is 0.818. The van der Waals surface area contributed by atoms with Crippen LogP contribution < -0.4 is 0 Å². The molecule has 0 aromatic carbocycles. The smallest absolute Gasteiger partial charge is 0.410 e. The third-order valence-electron chi connectivity index (χ3n) is 2.06. The summed E-state index contributed by atoms with van der Waals surface area (Å²) in [7, 11) is 0. The number of amides is 1. The Balaban J connectivity index is 2.59. The number of ether oxygens (including phenoxy) is 2. The molecule has 90 valence electrons. The SMILES string of the molecule is CC1CN(C(=O)OC(C)(C)C)C[C@@H](C#N)O1. The lowest BCUT2D eigenvalue weighted by molar-refractivity contribution is -0.0592. The van der Waals surface area contributed by atoms with Gasteiger partial charge in [0.1, 0.15) is 5.60 Å². The molecular formula is C11H18N2O3. The van der Waals surface area contributed by atoms with Gasteiger partial charge in [0, 0.05) is 0 Å². The number of morpholine rings is 1. The highest BCUT2D eigenvalue weighted by Crippen LogP contribution is 2.15. The molecule has 1 amide bonds. The molecule has 1 aliphatic rings. The third-order valence-corrected chi connectivity index (χ3v) is 2.06. The van der Waals surface area contributed by atoms with E-state index < -0.39 is 11.7 Å².